The summed E-state index contributed by atoms with van der Waals surface area (Å²) in [6.07, 6.45) is 2.18. The molecule has 0 radical (unpaired) electrons. The maximum absolute atomic E-state index is 15.2. The minimum Gasteiger partial charge on any atom is -0.469 e. The fraction of sp³-hybridized carbons (Fsp3) is 0.321. The normalized spacial score (nSPS) is 18.3. The van der Waals surface area contributed by atoms with Gasteiger partial charge >= 0.3 is 5.97 Å². The molecule has 1 aliphatic carbocycles. The molecule has 5 nitrogen and oxygen atoms in total. The van der Waals surface area contributed by atoms with Gasteiger partial charge in [0.1, 0.15) is 21.2 Å². The average Bonchev–Trinajstić information content (AvgIpc) is 3.56. The molecule has 1 atom stereocenters. The third-order valence-electron chi connectivity index (χ3n) is 7.52. The van der Waals surface area contributed by atoms with Crippen molar-refractivity contribution in [1.29, 1.82) is 0 Å². The number of benzene rings is 2. The standard InChI is InChI=1S/C28H26FN3O2S/c1-17(32-15-19(16-32)27(33)34-2)18-8-9-21(22(29)14-18)25-30-23-10-11-24(31-26(23)35-25)28(12-13-28)20-6-4-3-5-7-20/h3-11,14,17,19H,12-13,15-16H2,1-2H3/t17-/m0/s1. The summed E-state index contributed by atoms with van der Waals surface area (Å²) < 4.78 is 20.0. The van der Waals surface area contributed by atoms with E-state index in [0.29, 0.717) is 23.7 Å². The summed E-state index contributed by atoms with van der Waals surface area (Å²) in [5.41, 5.74) is 4.53. The van der Waals surface area contributed by atoms with Crippen molar-refractivity contribution in [2.75, 3.05) is 20.2 Å². The zero-order valence-electron chi connectivity index (χ0n) is 19.7. The van der Waals surface area contributed by atoms with Crippen LogP contribution >= 0.6 is 11.3 Å². The molecule has 1 aliphatic heterocycles. The highest BCUT2D eigenvalue weighted by atomic mass is 32.1. The van der Waals surface area contributed by atoms with Crippen molar-refractivity contribution in [2.24, 2.45) is 5.92 Å². The van der Waals surface area contributed by atoms with E-state index in [2.05, 4.69) is 35.2 Å². The fourth-order valence-electron chi connectivity index (χ4n) is 5.09. The molecule has 0 unspecified atom stereocenters. The lowest BCUT2D eigenvalue weighted by atomic mass is 9.92. The Balaban J connectivity index is 1.24. The Bertz CT molecular complexity index is 1410. The number of carbonyl (C=O) groups is 1. The van der Waals surface area contributed by atoms with Crippen LogP contribution in [0.25, 0.3) is 20.9 Å². The molecule has 0 bridgehead atoms. The first kappa shape index (κ1) is 22.3. The van der Waals surface area contributed by atoms with Crippen LogP contribution in [0.15, 0.2) is 60.7 Å². The van der Waals surface area contributed by atoms with Gasteiger partial charge in [-0.05, 0) is 55.2 Å². The lowest BCUT2D eigenvalue weighted by Crippen LogP contribution is -2.51. The second-order valence-corrected chi connectivity index (χ2v) is 10.6. The van der Waals surface area contributed by atoms with E-state index in [1.54, 1.807) is 6.07 Å². The average molecular weight is 488 g/mol. The van der Waals surface area contributed by atoms with E-state index in [1.165, 1.54) is 24.0 Å². The van der Waals surface area contributed by atoms with Crippen LogP contribution in [0.1, 0.15) is 42.6 Å². The van der Waals surface area contributed by atoms with Crippen molar-refractivity contribution in [3.8, 4) is 10.6 Å². The predicted molar refractivity (Wildman–Crippen MR) is 135 cm³/mol. The van der Waals surface area contributed by atoms with Crippen molar-refractivity contribution in [2.45, 2.75) is 31.2 Å². The van der Waals surface area contributed by atoms with Gasteiger partial charge in [-0.2, -0.15) is 0 Å². The molecule has 4 aromatic rings. The lowest BCUT2D eigenvalue weighted by molar-refractivity contribution is -0.152. The number of thiazole rings is 1. The van der Waals surface area contributed by atoms with Crippen molar-refractivity contribution < 1.29 is 13.9 Å². The summed E-state index contributed by atoms with van der Waals surface area (Å²) >= 11 is 1.44. The minimum atomic E-state index is -0.290. The van der Waals surface area contributed by atoms with Crippen LogP contribution in [0.2, 0.25) is 0 Å². The maximum Gasteiger partial charge on any atom is 0.311 e. The van der Waals surface area contributed by atoms with Gasteiger partial charge in [0, 0.05) is 30.1 Å². The smallest absolute Gasteiger partial charge is 0.311 e. The molecular weight excluding hydrogens is 461 g/mol. The van der Waals surface area contributed by atoms with E-state index in [0.717, 1.165) is 34.4 Å². The maximum atomic E-state index is 15.2. The SMILES string of the molecule is COC(=O)C1CN([C@@H](C)c2ccc(-c3nc4ccc(C5(c6ccccc6)CC5)nc4s3)c(F)c2)C1. The van der Waals surface area contributed by atoms with Crippen LogP contribution in [0.4, 0.5) is 4.39 Å². The number of nitrogens with zero attached hydrogens (tertiary/aromatic N) is 3. The number of ether oxygens (including phenoxy) is 1. The number of methoxy groups -OCH3 is 1. The number of likely N-dealkylation sites (tertiary alicyclic amines) is 1. The first-order valence-corrected chi connectivity index (χ1v) is 12.8. The van der Waals surface area contributed by atoms with Crippen molar-refractivity contribution in [3.05, 3.63) is 83.3 Å². The second kappa shape index (κ2) is 8.50. The molecule has 0 amide bonds. The molecule has 2 aliphatic rings. The number of aromatic nitrogens is 2. The third-order valence-corrected chi connectivity index (χ3v) is 8.52. The number of hydrogen-bond donors (Lipinski definition) is 0. The lowest BCUT2D eigenvalue weighted by Gasteiger charge is -2.41. The van der Waals surface area contributed by atoms with E-state index >= 15 is 4.39 Å². The van der Waals surface area contributed by atoms with Crippen LogP contribution in [0.3, 0.4) is 0 Å². The van der Waals surface area contributed by atoms with Crippen molar-refractivity contribution in [3.63, 3.8) is 0 Å². The summed E-state index contributed by atoms with van der Waals surface area (Å²) in [7, 11) is 1.41. The van der Waals surface area contributed by atoms with Crippen molar-refractivity contribution >= 4 is 27.7 Å². The summed E-state index contributed by atoms with van der Waals surface area (Å²) in [6, 6.07) is 20.0. The van der Waals surface area contributed by atoms with E-state index in [9.17, 15) is 4.79 Å². The van der Waals surface area contributed by atoms with Gasteiger partial charge in [0.2, 0.25) is 0 Å². The monoisotopic (exact) mass is 487 g/mol. The van der Waals surface area contributed by atoms with Crippen molar-refractivity contribution in [1.82, 2.24) is 14.9 Å². The zero-order chi connectivity index (χ0) is 24.2. The quantitative estimate of drug-likeness (QED) is 0.325. The molecule has 7 heteroatoms. The van der Waals surface area contributed by atoms with Crippen LogP contribution in [-0.2, 0) is 14.9 Å². The number of carbonyl (C=O) groups excluding carboxylic acids is 1. The molecule has 2 aromatic carbocycles. The molecule has 0 N–H and O–H groups in total. The molecule has 35 heavy (non-hydrogen) atoms. The largest absolute Gasteiger partial charge is 0.469 e. The van der Waals surface area contributed by atoms with Crippen LogP contribution in [0, 0.1) is 11.7 Å². The Hall–Kier alpha value is -3.16. The van der Waals surface area contributed by atoms with Gasteiger partial charge in [0.15, 0.2) is 0 Å². The van der Waals surface area contributed by atoms with Crippen LogP contribution in [0.5, 0.6) is 0 Å². The van der Waals surface area contributed by atoms with Gasteiger partial charge < -0.3 is 4.74 Å². The van der Waals surface area contributed by atoms with E-state index < -0.39 is 0 Å². The Morgan fingerprint density at radius 3 is 2.57 bits per heavy atom. The van der Waals surface area contributed by atoms with E-state index in [-0.39, 0.29) is 29.2 Å². The Morgan fingerprint density at radius 2 is 1.89 bits per heavy atom. The number of rotatable bonds is 6. The predicted octanol–water partition coefficient (Wildman–Crippen LogP) is 5.74. The number of esters is 1. The van der Waals surface area contributed by atoms with Crippen LogP contribution in [-0.4, -0.2) is 41.0 Å². The molecule has 178 valence electrons. The second-order valence-electron chi connectivity index (χ2n) is 9.58. The first-order chi connectivity index (χ1) is 17.0. The first-order valence-electron chi connectivity index (χ1n) is 11.9. The topological polar surface area (TPSA) is 55.3 Å². The van der Waals surface area contributed by atoms with Gasteiger partial charge in [-0.3, -0.25) is 9.69 Å². The number of fused-ring (bicyclic) bond motifs is 1. The minimum absolute atomic E-state index is 0.00757. The molecular formula is C28H26FN3O2S. The number of halogens is 1. The number of pyridine rings is 1. The van der Waals surface area contributed by atoms with Gasteiger partial charge in [0.05, 0.1) is 18.7 Å². The Kier molecular flexibility index (Phi) is 5.42. The fourth-order valence-corrected chi connectivity index (χ4v) is 6.06. The highest BCUT2D eigenvalue weighted by Crippen LogP contribution is 2.53. The van der Waals surface area contributed by atoms with Gasteiger partial charge in [-0.1, -0.05) is 47.7 Å². The third kappa shape index (κ3) is 3.83. The van der Waals surface area contributed by atoms with E-state index in [4.69, 9.17) is 14.7 Å². The Labute approximate surface area is 207 Å². The highest BCUT2D eigenvalue weighted by molar-refractivity contribution is 7.21. The summed E-state index contributed by atoms with van der Waals surface area (Å²) in [4.78, 5) is 24.3. The summed E-state index contributed by atoms with van der Waals surface area (Å²) in [5, 5.41) is 0.639. The van der Waals surface area contributed by atoms with E-state index in [1.807, 2.05) is 31.2 Å². The number of hydrogen-bond acceptors (Lipinski definition) is 6. The van der Waals surface area contributed by atoms with Gasteiger partial charge in [0.25, 0.3) is 0 Å². The molecule has 3 heterocycles. The van der Waals surface area contributed by atoms with Gasteiger partial charge in [-0.15, -0.1) is 0 Å². The molecule has 2 aromatic heterocycles. The molecule has 2 fully saturated rings. The molecule has 1 saturated carbocycles. The van der Waals surface area contributed by atoms with Crippen LogP contribution < -0.4 is 0 Å². The molecule has 6 rings (SSSR count). The summed E-state index contributed by atoms with van der Waals surface area (Å²) in [6.45, 7) is 3.30. The molecule has 1 saturated heterocycles. The highest BCUT2D eigenvalue weighted by Gasteiger charge is 2.47. The zero-order valence-corrected chi connectivity index (χ0v) is 20.5. The molecule has 0 spiro atoms. The van der Waals surface area contributed by atoms with Gasteiger partial charge in [-0.25, -0.2) is 14.4 Å². The Morgan fingerprint density at radius 1 is 1.11 bits per heavy atom. The summed E-state index contributed by atoms with van der Waals surface area (Å²) in [5.74, 6) is -0.566.